The lowest BCUT2D eigenvalue weighted by molar-refractivity contribution is -0.117. The van der Waals surface area contributed by atoms with Gasteiger partial charge in [0.2, 0.25) is 5.91 Å². The minimum Gasteiger partial charge on any atom is -0.324 e. The standard InChI is InChI=1S/C17H18Cl2N2O3S/c1-21(10-12-5-3-4-6-14(12)18)11-17(22)20-16-9-13(25(2,23)24)7-8-15(16)19/h3-9H,10-11H2,1-2H3,(H,20,22). The number of rotatable bonds is 6. The number of sulfone groups is 1. The topological polar surface area (TPSA) is 66.5 Å². The van der Waals surface area contributed by atoms with Gasteiger partial charge < -0.3 is 5.32 Å². The van der Waals surface area contributed by atoms with Crippen molar-refractivity contribution in [3.8, 4) is 0 Å². The van der Waals surface area contributed by atoms with Gasteiger partial charge in [-0.2, -0.15) is 0 Å². The second kappa shape index (κ2) is 8.19. The third-order valence-corrected chi connectivity index (χ3v) is 5.26. The van der Waals surface area contributed by atoms with Crippen molar-refractivity contribution in [2.45, 2.75) is 11.4 Å². The van der Waals surface area contributed by atoms with Crippen LogP contribution in [0.5, 0.6) is 0 Å². The average Bonchev–Trinajstić information content (AvgIpc) is 2.50. The van der Waals surface area contributed by atoms with Crippen molar-refractivity contribution in [2.75, 3.05) is 25.2 Å². The number of nitrogens with one attached hydrogen (secondary N) is 1. The fourth-order valence-corrected chi connectivity index (χ4v) is 3.25. The molecule has 8 heteroatoms. The number of amides is 1. The first-order valence-corrected chi connectivity index (χ1v) is 10.0. The van der Waals surface area contributed by atoms with Crippen LogP contribution in [0.25, 0.3) is 0 Å². The van der Waals surface area contributed by atoms with E-state index in [2.05, 4.69) is 5.32 Å². The fourth-order valence-electron chi connectivity index (χ4n) is 2.24. The summed E-state index contributed by atoms with van der Waals surface area (Å²) >= 11 is 12.2. The molecule has 0 unspecified atom stereocenters. The largest absolute Gasteiger partial charge is 0.324 e. The van der Waals surface area contributed by atoms with Crippen molar-refractivity contribution in [2.24, 2.45) is 0 Å². The van der Waals surface area contributed by atoms with Crippen LogP contribution in [0, 0.1) is 0 Å². The van der Waals surface area contributed by atoms with Crippen LogP contribution in [0.15, 0.2) is 47.4 Å². The highest BCUT2D eigenvalue weighted by Crippen LogP contribution is 2.25. The molecular formula is C17H18Cl2N2O3S. The SMILES string of the molecule is CN(CC(=O)Nc1cc(S(C)(=O)=O)ccc1Cl)Cc1ccccc1Cl. The Labute approximate surface area is 157 Å². The van der Waals surface area contributed by atoms with Crippen molar-refractivity contribution in [1.82, 2.24) is 4.90 Å². The molecule has 0 aliphatic carbocycles. The van der Waals surface area contributed by atoms with Gasteiger partial charge >= 0.3 is 0 Å². The van der Waals surface area contributed by atoms with Gasteiger partial charge in [-0.3, -0.25) is 9.69 Å². The van der Waals surface area contributed by atoms with Crippen LogP contribution in [-0.4, -0.2) is 39.1 Å². The minimum absolute atomic E-state index is 0.0941. The van der Waals surface area contributed by atoms with Crippen LogP contribution < -0.4 is 5.32 Å². The lowest BCUT2D eigenvalue weighted by Crippen LogP contribution is -2.30. The first-order valence-electron chi connectivity index (χ1n) is 7.38. The van der Waals surface area contributed by atoms with Gasteiger partial charge in [-0.1, -0.05) is 41.4 Å². The Kier molecular flexibility index (Phi) is 6.46. The van der Waals surface area contributed by atoms with Gasteiger partial charge in [0, 0.05) is 17.8 Å². The molecule has 2 aromatic carbocycles. The lowest BCUT2D eigenvalue weighted by atomic mass is 10.2. The number of halogens is 2. The van der Waals surface area contributed by atoms with Crippen LogP contribution in [0.1, 0.15) is 5.56 Å². The van der Waals surface area contributed by atoms with Crippen molar-refractivity contribution >= 4 is 44.6 Å². The molecule has 1 amide bonds. The first kappa shape index (κ1) is 19.7. The van der Waals surface area contributed by atoms with E-state index in [1.165, 1.54) is 18.2 Å². The van der Waals surface area contributed by atoms with E-state index in [1.807, 2.05) is 18.2 Å². The third kappa shape index (κ3) is 5.71. The fraction of sp³-hybridized carbons (Fsp3) is 0.235. The van der Waals surface area contributed by atoms with Gasteiger partial charge in [-0.05, 0) is 36.9 Å². The number of carbonyl (C=O) groups is 1. The van der Waals surface area contributed by atoms with Crippen LogP contribution in [-0.2, 0) is 21.2 Å². The molecule has 0 aromatic heterocycles. The first-order chi connectivity index (χ1) is 11.7. The van der Waals surface area contributed by atoms with Crippen LogP contribution in [0.4, 0.5) is 5.69 Å². The Bertz CT molecular complexity index is 885. The molecule has 0 saturated heterocycles. The van der Waals surface area contributed by atoms with Crippen LogP contribution >= 0.6 is 23.2 Å². The smallest absolute Gasteiger partial charge is 0.238 e. The molecule has 0 spiro atoms. The highest BCUT2D eigenvalue weighted by molar-refractivity contribution is 7.90. The molecule has 1 N–H and O–H groups in total. The predicted molar refractivity (Wildman–Crippen MR) is 101 cm³/mol. The maximum absolute atomic E-state index is 12.2. The van der Waals surface area contributed by atoms with Crippen molar-refractivity contribution < 1.29 is 13.2 Å². The Balaban J connectivity index is 2.04. The Morgan fingerprint density at radius 3 is 2.44 bits per heavy atom. The normalized spacial score (nSPS) is 11.6. The molecule has 134 valence electrons. The third-order valence-electron chi connectivity index (χ3n) is 3.45. The van der Waals surface area contributed by atoms with E-state index >= 15 is 0 Å². The quantitative estimate of drug-likeness (QED) is 0.805. The maximum atomic E-state index is 12.2. The molecule has 2 rings (SSSR count). The molecule has 0 aliphatic heterocycles. The number of benzene rings is 2. The molecule has 0 saturated carbocycles. The molecule has 0 radical (unpaired) electrons. The summed E-state index contributed by atoms with van der Waals surface area (Å²) in [5.74, 6) is -0.304. The summed E-state index contributed by atoms with van der Waals surface area (Å²) in [4.78, 5) is 14.1. The van der Waals surface area contributed by atoms with E-state index in [1.54, 1.807) is 18.0 Å². The molecule has 25 heavy (non-hydrogen) atoms. The molecule has 0 fully saturated rings. The molecule has 2 aromatic rings. The van der Waals surface area contributed by atoms with E-state index in [0.29, 0.717) is 11.6 Å². The minimum atomic E-state index is -3.38. The second-order valence-electron chi connectivity index (χ2n) is 5.73. The monoisotopic (exact) mass is 400 g/mol. The van der Waals surface area contributed by atoms with E-state index in [0.717, 1.165) is 11.8 Å². The highest BCUT2D eigenvalue weighted by atomic mass is 35.5. The summed E-state index contributed by atoms with van der Waals surface area (Å²) in [6.07, 6.45) is 1.10. The number of hydrogen-bond donors (Lipinski definition) is 1. The number of carbonyl (C=O) groups excluding carboxylic acids is 1. The summed E-state index contributed by atoms with van der Waals surface area (Å²) in [6.45, 7) is 0.606. The average molecular weight is 401 g/mol. The molecule has 5 nitrogen and oxygen atoms in total. The van der Waals surface area contributed by atoms with Crippen molar-refractivity contribution in [1.29, 1.82) is 0 Å². The van der Waals surface area contributed by atoms with E-state index in [9.17, 15) is 13.2 Å². The number of nitrogens with zero attached hydrogens (tertiary/aromatic N) is 1. The van der Waals surface area contributed by atoms with Gasteiger partial charge in [-0.25, -0.2) is 8.42 Å². The maximum Gasteiger partial charge on any atom is 0.238 e. The summed E-state index contributed by atoms with van der Waals surface area (Å²) in [5.41, 5.74) is 1.18. The summed E-state index contributed by atoms with van der Waals surface area (Å²) in [6, 6.07) is 11.6. The van der Waals surface area contributed by atoms with Gasteiger partial charge in [0.1, 0.15) is 0 Å². The molecular weight excluding hydrogens is 383 g/mol. The number of hydrogen-bond acceptors (Lipinski definition) is 4. The summed E-state index contributed by atoms with van der Waals surface area (Å²) in [7, 11) is -1.59. The zero-order chi connectivity index (χ0) is 18.6. The molecule has 0 heterocycles. The van der Waals surface area contributed by atoms with Crippen molar-refractivity contribution in [3.63, 3.8) is 0 Å². The number of anilines is 1. The van der Waals surface area contributed by atoms with E-state index < -0.39 is 9.84 Å². The highest BCUT2D eigenvalue weighted by Gasteiger charge is 2.14. The van der Waals surface area contributed by atoms with Crippen LogP contribution in [0.2, 0.25) is 10.0 Å². The molecule has 0 aliphatic rings. The Morgan fingerprint density at radius 1 is 1.12 bits per heavy atom. The zero-order valence-corrected chi connectivity index (χ0v) is 16.1. The van der Waals surface area contributed by atoms with Gasteiger partial charge in [0.15, 0.2) is 9.84 Å². The predicted octanol–water partition coefficient (Wildman–Crippen LogP) is 3.47. The van der Waals surface area contributed by atoms with Crippen LogP contribution in [0.3, 0.4) is 0 Å². The van der Waals surface area contributed by atoms with Gasteiger partial charge in [0.05, 0.1) is 22.2 Å². The Hall–Kier alpha value is -1.60. The zero-order valence-electron chi connectivity index (χ0n) is 13.8. The second-order valence-corrected chi connectivity index (χ2v) is 8.56. The van der Waals surface area contributed by atoms with Gasteiger partial charge in [0.25, 0.3) is 0 Å². The van der Waals surface area contributed by atoms with Gasteiger partial charge in [-0.15, -0.1) is 0 Å². The summed E-state index contributed by atoms with van der Waals surface area (Å²) in [5, 5.41) is 3.55. The Morgan fingerprint density at radius 2 is 1.80 bits per heavy atom. The van der Waals surface area contributed by atoms with E-state index in [-0.39, 0.29) is 28.1 Å². The van der Waals surface area contributed by atoms with Crippen molar-refractivity contribution in [3.05, 3.63) is 58.1 Å². The van der Waals surface area contributed by atoms with E-state index in [4.69, 9.17) is 23.2 Å². The lowest BCUT2D eigenvalue weighted by Gasteiger charge is -2.17. The molecule has 0 bridgehead atoms. The number of likely N-dealkylation sites (N-methyl/N-ethyl adjacent to an activating group) is 1. The summed E-state index contributed by atoms with van der Waals surface area (Å²) < 4.78 is 23.2. The molecule has 0 atom stereocenters.